The molecule has 1 fully saturated rings. The summed E-state index contributed by atoms with van der Waals surface area (Å²) in [5.41, 5.74) is 7.80. The zero-order valence-electron chi connectivity index (χ0n) is 14.2. The van der Waals surface area contributed by atoms with Crippen molar-refractivity contribution in [3.8, 4) is 0 Å². The van der Waals surface area contributed by atoms with Gasteiger partial charge in [-0.25, -0.2) is 0 Å². The Labute approximate surface area is 138 Å². The second-order valence-electron chi connectivity index (χ2n) is 5.43. The van der Waals surface area contributed by atoms with E-state index in [4.69, 9.17) is 5.73 Å². The van der Waals surface area contributed by atoms with Crippen LogP contribution in [0.1, 0.15) is 11.4 Å². The number of nitrogens with two attached hydrogens (primary N) is 1. The van der Waals surface area contributed by atoms with Crippen molar-refractivity contribution in [1.29, 1.82) is 0 Å². The molecule has 7 nitrogen and oxygen atoms in total. The molecule has 1 aliphatic heterocycles. The van der Waals surface area contributed by atoms with Crippen molar-refractivity contribution in [2.24, 2.45) is 0 Å². The summed E-state index contributed by atoms with van der Waals surface area (Å²) in [6, 6.07) is 0. The first kappa shape index (κ1) is 17.2. The summed E-state index contributed by atoms with van der Waals surface area (Å²) >= 11 is 0. The first-order chi connectivity index (χ1) is 11.0. The van der Waals surface area contributed by atoms with Crippen LogP contribution in [-0.2, 0) is 0 Å². The van der Waals surface area contributed by atoms with E-state index in [1.165, 1.54) is 0 Å². The van der Waals surface area contributed by atoms with Gasteiger partial charge in [0.05, 0.1) is 0 Å². The van der Waals surface area contributed by atoms with E-state index in [-0.39, 0.29) is 0 Å². The molecule has 2 aromatic heterocycles. The van der Waals surface area contributed by atoms with Crippen molar-refractivity contribution in [3.05, 3.63) is 11.4 Å². The van der Waals surface area contributed by atoms with Crippen LogP contribution in [0.2, 0.25) is 6.82 Å². The van der Waals surface area contributed by atoms with Crippen LogP contribution < -0.4 is 10.6 Å². The molecule has 0 spiro atoms. The molecule has 0 aliphatic carbocycles. The predicted molar refractivity (Wildman–Crippen MR) is 100 cm³/mol. The molecule has 0 aromatic carbocycles. The summed E-state index contributed by atoms with van der Waals surface area (Å²) in [6.07, 6.45) is 0. The first-order valence-corrected chi connectivity index (χ1v) is 7.69. The summed E-state index contributed by atoms with van der Waals surface area (Å²) < 4.78 is 1.61. The number of piperazine rings is 1. The van der Waals surface area contributed by atoms with Gasteiger partial charge in [-0.05, 0) is 0 Å². The number of aryl methyl sites for hydroxylation is 2. The van der Waals surface area contributed by atoms with Crippen LogP contribution in [0.25, 0.3) is 5.65 Å². The normalized spacial score (nSPS) is 14.0. The van der Waals surface area contributed by atoms with Crippen LogP contribution in [0.3, 0.4) is 0 Å². The number of aromatic nitrogens is 4. The molecule has 3 heterocycles. The van der Waals surface area contributed by atoms with Gasteiger partial charge in [-0.3, -0.25) is 0 Å². The van der Waals surface area contributed by atoms with Gasteiger partial charge < -0.3 is 0 Å². The number of hydrogen-bond acceptors (Lipinski definition) is 6. The standard InChI is InChI=1S/C12H18BN7.C2H5B/c1-8-10(18-4-6-19(13-3)7-5-18)16-12(14)20-11(8)15-9(2)17-20;1-3-2/h3-7H2,1-2H3,(H2,14,16);1H2,2H3. The summed E-state index contributed by atoms with van der Waals surface area (Å²) in [5, 5.41) is 4.26. The fraction of sp³-hybridized carbons (Fsp3) is 0.500. The van der Waals surface area contributed by atoms with E-state index in [1.807, 2.05) is 27.7 Å². The van der Waals surface area contributed by atoms with Crippen LogP contribution in [0.5, 0.6) is 0 Å². The van der Waals surface area contributed by atoms with Crippen molar-refractivity contribution in [2.75, 3.05) is 36.8 Å². The molecule has 1 saturated heterocycles. The van der Waals surface area contributed by atoms with Gasteiger partial charge >= 0.3 is 138 Å². The van der Waals surface area contributed by atoms with Gasteiger partial charge in [0.2, 0.25) is 0 Å². The minimum absolute atomic E-state index is 0.382. The molecule has 0 atom stereocenters. The van der Waals surface area contributed by atoms with Gasteiger partial charge in [0.25, 0.3) is 0 Å². The molecule has 2 aromatic rings. The van der Waals surface area contributed by atoms with E-state index in [1.54, 1.807) is 11.4 Å². The van der Waals surface area contributed by atoms with Gasteiger partial charge in [-0.15, -0.1) is 0 Å². The molecule has 3 rings (SSSR count). The Morgan fingerprint density at radius 2 is 1.70 bits per heavy atom. The molecule has 2 N–H and O–H groups in total. The third kappa shape index (κ3) is 3.60. The second-order valence-corrected chi connectivity index (χ2v) is 5.43. The van der Waals surface area contributed by atoms with Crippen LogP contribution >= 0.6 is 0 Å². The first-order valence-electron chi connectivity index (χ1n) is 7.69. The number of nitrogen functional groups attached to an aromatic ring is 1. The van der Waals surface area contributed by atoms with Crippen LogP contribution in [0, 0.1) is 13.8 Å². The quantitative estimate of drug-likeness (QED) is 0.765. The van der Waals surface area contributed by atoms with Crippen LogP contribution in [-0.4, -0.2) is 77.5 Å². The Kier molecular flexibility index (Phi) is 5.52. The maximum absolute atomic E-state index is 6.00. The second kappa shape index (κ2) is 7.39. The molecule has 120 valence electrons. The fourth-order valence-corrected chi connectivity index (χ4v) is 2.58. The molecule has 0 bridgehead atoms. The van der Waals surface area contributed by atoms with Crippen LogP contribution in [0.4, 0.5) is 11.8 Å². The third-order valence-electron chi connectivity index (χ3n) is 3.69. The minimum atomic E-state index is 0.382. The Morgan fingerprint density at radius 1 is 1.09 bits per heavy atom. The van der Waals surface area contributed by atoms with Crippen molar-refractivity contribution < 1.29 is 0 Å². The number of hydrogen-bond donors (Lipinski definition) is 1. The van der Waals surface area contributed by atoms with Crippen molar-refractivity contribution in [2.45, 2.75) is 20.7 Å². The Bertz CT molecular complexity index is 705. The molecular formula is C14H23B2N7. The zero-order chi connectivity index (χ0) is 17.0. The van der Waals surface area contributed by atoms with Gasteiger partial charge in [0, 0.05) is 0 Å². The Hall–Kier alpha value is -2.18. The topological polar surface area (TPSA) is 75.6 Å². The molecule has 0 amide bonds. The van der Waals surface area contributed by atoms with Crippen LogP contribution in [0.15, 0.2) is 0 Å². The molecule has 23 heavy (non-hydrogen) atoms. The number of nitrogens with zero attached hydrogens (tertiary/aromatic N) is 6. The van der Waals surface area contributed by atoms with E-state index >= 15 is 0 Å². The van der Waals surface area contributed by atoms with Gasteiger partial charge in [-0.2, -0.15) is 0 Å². The van der Waals surface area contributed by atoms with E-state index in [0.29, 0.717) is 11.8 Å². The van der Waals surface area contributed by atoms with Crippen molar-refractivity contribution >= 4 is 44.3 Å². The van der Waals surface area contributed by atoms with Gasteiger partial charge in [0.15, 0.2) is 0 Å². The van der Waals surface area contributed by atoms with Crippen molar-refractivity contribution in [3.63, 3.8) is 0 Å². The SMILES string of the molecule is C=BC.C=BN1CCN(c2nc(N)n3nc(C)nc3c2C)CC1. The summed E-state index contributed by atoms with van der Waals surface area (Å²) in [6.45, 7) is 18.4. The molecule has 9 heteroatoms. The van der Waals surface area contributed by atoms with E-state index in [2.05, 4.69) is 37.7 Å². The summed E-state index contributed by atoms with van der Waals surface area (Å²) in [5.74, 6) is 1.99. The number of fused-ring (bicyclic) bond motifs is 1. The molecule has 1 aliphatic rings. The Balaban J connectivity index is 0.000000595. The predicted octanol–water partition coefficient (Wildman–Crippen LogP) is -0.333. The summed E-state index contributed by atoms with van der Waals surface area (Å²) in [4.78, 5) is 13.4. The molecule has 0 unspecified atom stereocenters. The fourth-order valence-electron chi connectivity index (χ4n) is 2.58. The average molecular weight is 311 g/mol. The monoisotopic (exact) mass is 311 g/mol. The summed E-state index contributed by atoms with van der Waals surface area (Å²) in [7, 11) is 1.89. The van der Waals surface area contributed by atoms with E-state index in [9.17, 15) is 0 Å². The third-order valence-corrected chi connectivity index (χ3v) is 3.69. The number of anilines is 2. The molecule has 0 saturated carbocycles. The average Bonchev–Trinajstić information content (AvgIpc) is 2.94. The Morgan fingerprint density at radius 3 is 2.26 bits per heavy atom. The zero-order valence-corrected chi connectivity index (χ0v) is 14.2. The molecular weight excluding hydrogens is 288 g/mol. The maximum atomic E-state index is 6.00. The van der Waals surface area contributed by atoms with Gasteiger partial charge in [0.1, 0.15) is 0 Å². The van der Waals surface area contributed by atoms with E-state index < -0.39 is 0 Å². The van der Waals surface area contributed by atoms with Gasteiger partial charge in [-0.1, -0.05) is 0 Å². The number of rotatable bonds is 2. The van der Waals surface area contributed by atoms with E-state index in [0.717, 1.165) is 43.2 Å². The van der Waals surface area contributed by atoms with Crippen molar-refractivity contribution in [1.82, 2.24) is 24.4 Å². The molecule has 0 radical (unpaired) electrons.